The molecular formula is C25H31N7O. The average Bonchev–Trinajstić information content (AvgIpc) is 3.56. The fraction of sp³-hybridized carbons (Fsp3) is 0.440. The van der Waals surface area contributed by atoms with Gasteiger partial charge in [-0.15, -0.1) is 0 Å². The second-order valence-electron chi connectivity index (χ2n) is 8.92. The molecule has 8 nitrogen and oxygen atoms in total. The van der Waals surface area contributed by atoms with Crippen molar-refractivity contribution in [3.63, 3.8) is 0 Å². The molecule has 1 saturated carbocycles. The minimum atomic E-state index is -0.114. The molecular weight excluding hydrogens is 414 g/mol. The Labute approximate surface area is 194 Å². The molecule has 1 amide bonds. The van der Waals surface area contributed by atoms with E-state index in [0.29, 0.717) is 17.4 Å². The van der Waals surface area contributed by atoms with E-state index >= 15 is 0 Å². The summed E-state index contributed by atoms with van der Waals surface area (Å²) in [5.74, 6) is 0.541. The van der Waals surface area contributed by atoms with Crippen molar-refractivity contribution in [1.29, 1.82) is 5.26 Å². The van der Waals surface area contributed by atoms with Gasteiger partial charge in [0.05, 0.1) is 17.8 Å². The molecule has 2 aromatic heterocycles. The number of aromatic nitrogens is 4. The molecule has 4 rings (SSSR count). The number of hydrogen-bond acceptors (Lipinski definition) is 5. The van der Waals surface area contributed by atoms with E-state index in [9.17, 15) is 10.1 Å². The third kappa shape index (κ3) is 4.55. The van der Waals surface area contributed by atoms with Crippen LogP contribution in [-0.4, -0.2) is 43.7 Å². The minimum absolute atomic E-state index is 0.0427. The van der Waals surface area contributed by atoms with Crippen LogP contribution in [0.3, 0.4) is 0 Å². The van der Waals surface area contributed by atoms with E-state index in [1.807, 2.05) is 50.1 Å². The van der Waals surface area contributed by atoms with Gasteiger partial charge in [-0.05, 0) is 63.9 Å². The SMILES string of the molecule is Cc1c(C#N)c(NC(=O)CN(C)C(C)c2ccc(-n3cncn3)cc2)n(C2CCCC2)c1C. The highest BCUT2D eigenvalue weighted by Gasteiger charge is 2.27. The van der Waals surface area contributed by atoms with Crippen LogP contribution in [0.2, 0.25) is 0 Å². The van der Waals surface area contributed by atoms with Gasteiger partial charge in [-0.1, -0.05) is 25.0 Å². The van der Waals surface area contributed by atoms with Gasteiger partial charge in [0, 0.05) is 17.8 Å². The highest BCUT2D eigenvalue weighted by Crippen LogP contribution is 2.37. The van der Waals surface area contributed by atoms with E-state index in [1.54, 1.807) is 11.0 Å². The second-order valence-corrected chi connectivity index (χ2v) is 8.92. The van der Waals surface area contributed by atoms with Crippen molar-refractivity contribution in [2.75, 3.05) is 18.9 Å². The summed E-state index contributed by atoms with van der Waals surface area (Å²) >= 11 is 0. The number of amides is 1. The first-order chi connectivity index (χ1) is 15.9. The molecule has 2 heterocycles. The Bertz CT molecular complexity index is 1150. The van der Waals surface area contributed by atoms with Crippen molar-refractivity contribution in [2.45, 2.75) is 58.5 Å². The van der Waals surface area contributed by atoms with Gasteiger partial charge in [-0.2, -0.15) is 10.4 Å². The first kappa shape index (κ1) is 22.7. The zero-order chi connectivity index (χ0) is 23.5. The van der Waals surface area contributed by atoms with E-state index in [-0.39, 0.29) is 18.5 Å². The number of carbonyl (C=O) groups is 1. The lowest BCUT2D eigenvalue weighted by Gasteiger charge is -2.25. The Balaban J connectivity index is 1.46. The van der Waals surface area contributed by atoms with Gasteiger partial charge in [0.15, 0.2) is 0 Å². The predicted octanol–water partition coefficient (Wildman–Crippen LogP) is 4.30. The molecule has 0 saturated heterocycles. The number of rotatable bonds is 7. The first-order valence-corrected chi connectivity index (χ1v) is 11.5. The summed E-state index contributed by atoms with van der Waals surface area (Å²) in [4.78, 5) is 19.0. The van der Waals surface area contributed by atoms with Crippen LogP contribution in [0, 0.1) is 25.2 Å². The molecule has 0 bridgehead atoms. The lowest BCUT2D eigenvalue weighted by Crippen LogP contribution is -2.33. The first-order valence-electron chi connectivity index (χ1n) is 11.5. The molecule has 0 radical (unpaired) electrons. The number of nitrogens with zero attached hydrogens (tertiary/aromatic N) is 6. The fourth-order valence-electron chi connectivity index (χ4n) is 4.74. The molecule has 1 N–H and O–H groups in total. The molecule has 1 fully saturated rings. The number of nitriles is 1. The molecule has 8 heteroatoms. The molecule has 0 spiro atoms. The quantitative estimate of drug-likeness (QED) is 0.585. The molecule has 172 valence electrons. The van der Waals surface area contributed by atoms with Gasteiger partial charge >= 0.3 is 0 Å². The zero-order valence-electron chi connectivity index (χ0n) is 19.7. The monoisotopic (exact) mass is 445 g/mol. The van der Waals surface area contributed by atoms with Crippen LogP contribution in [-0.2, 0) is 4.79 Å². The maximum atomic E-state index is 13.0. The molecule has 3 aromatic rings. The van der Waals surface area contributed by atoms with E-state index < -0.39 is 0 Å². The van der Waals surface area contributed by atoms with Crippen molar-refractivity contribution in [1.82, 2.24) is 24.2 Å². The minimum Gasteiger partial charge on any atom is -0.327 e. The maximum Gasteiger partial charge on any atom is 0.239 e. The summed E-state index contributed by atoms with van der Waals surface area (Å²) < 4.78 is 3.90. The molecule has 1 atom stereocenters. The van der Waals surface area contributed by atoms with E-state index in [0.717, 1.165) is 35.3 Å². The van der Waals surface area contributed by atoms with Crippen LogP contribution in [0.5, 0.6) is 0 Å². The Morgan fingerprint density at radius 3 is 2.58 bits per heavy atom. The number of anilines is 1. The van der Waals surface area contributed by atoms with E-state index in [4.69, 9.17) is 0 Å². The van der Waals surface area contributed by atoms with Crippen LogP contribution in [0.15, 0.2) is 36.9 Å². The van der Waals surface area contributed by atoms with Crippen molar-refractivity contribution < 1.29 is 4.79 Å². The molecule has 0 aliphatic heterocycles. The van der Waals surface area contributed by atoms with Crippen LogP contribution < -0.4 is 5.32 Å². The van der Waals surface area contributed by atoms with Gasteiger partial charge in [0.25, 0.3) is 0 Å². The third-order valence-electron chi connectivity index (χ3n) is 6.93. The number of benzene rings is 1. The lowest BCUT2D eigenvalue weighted by molar-refractivity contribution is -0.117. The number of hydrogen-bond donors (Lipinski definition) is 1. The molecule has 1 aliphatic carbocycles. The second kappa shape index (κ2) is 9.59. The summed E-state index contributed by atoms with van der Waals surface area (Å²) in [5, 5.41) is 17.0. The van der Waals surface area contributed by atoms with Crippen LogP contribution in [0.25, 0.3) is 5.69 Å². The Kier molecular flexibility index (Phi) is 6.61. The normalized spacial score (nSPS) is 15.0. The van der Waals surface area contributed by atoms with E-state index in [2.05, 4.69) is 33.0 Å². The number of likely N-dealkylation sites (N-methyl/N-ethyl adjacent to an activating group) is 1. The van der Waals surface area contributed by atoms with E-state index in [1.165, 1.54) is 19.2 Å². The summed E-state index contributed by atoms with van der Waals surface area (Å²) in [6, 6.07) is 10.8. The van der Waals surface area contributed by atoms with Gasteiger partial charge < -0.3 is 9.88 Å². The molecule has 1 unspecified atom stereocenters. The Morgan fingerprint density at radius 2 is 1.97 bits per heavy atom. The summed E-state index contributed by atoms with van der Waals surface area (Å²) in [7, 11) is 1.94. The number of nitrogens with one attached hydrogen (secondary N) is 1. The average molecular weight is 446 g/mol. The summed E-state index contributed by atoms with van der Waals surface area (Å²) in [6.45, 7) is 6.31. The highest BCUT2D eigenvalue weighted by molar-refractivity contribution is 5.93. The van der Waals surface area contributed by atoms with Gasteiger partial charge in [-0.25, -0.2) is 9.67 Å². The fourth-order valence-corrected chi connectivity index (χ4v) is 4.74. The van der Waals surface area contributed by atoms with Crippen LogP contribution >= 0.6 is 0 Å². The van der Waals surface area contributed by atoms with Crippen molar-refractivity contribution in [2.24, 2.45) is 0 Å². The van der Waals surface area contributed by atoms with Crippen LogP contribution in [0.1, 0.15) is 67.1 Å². The zero-order valence-corrected chi connectivity index (χ0v) is 19.7. The van der Waals surface area contributed by atoms with Crippen molar-refractivity contribution >= 4 is 11.7 Å². The van der Waals surface area contributed by atoms with Crippen molar-refractivity contribution in [3.05, 3.63) is 59.3 Å². The van der Waals surface area contributed by atoms with Gasteiger partial charge in [0.2, 0.25) is 5.91 Å². The highest BCUT2D eigenvalue weighted by atomic mass is 16.2. The third-order valence-corrected chi connectivity index (χ3v) is 6.93. The van der Waals surface area contributed by atoms with Gasteiger partial charge in [0.1, 0.15) is 24.5 Å². The molecule has 33 heavy (non-hydrogen) atoms. The predicted molar refractivity (Wildman–Crippen MR) is 127 cm³/mol. The molecule has 1 aliphatic rings. The number of carbonyl (C=O) groups excluding carboxylic acids is 1. The topological polar surface area (TPSA) is 91.8 Å². The van der Waals surface area contributed by atoms with Crippen LogP contribution in [0.4, 0.5) is 5.82 Å². The molecule has 1 aromatic carbocycles. The van der Waals surface area contributed by atoms with Gasteiger partial charge in [-0.3, -0.25) is 9.69 Å². The largest absolute Gasteiger partial charge is 0.327 e. The standard InChI is InChI=1S/C25H31N7O/c1-17-18(2)32(22-7-5-6-8-22)25(23(17)13-26)29-24(33)14-30(4)19(3)20-9-11-21(12-10-20)31-16-27-15-28-31/h9-12,15-16,19,22H,5-8,14H2,1-4H3,(H,29,33). The Morgan fingerprint density at radius 1 is 1.27 bits per heavy atom. The Hall–Kier alpha value is -3.44. The summed E-state index contributed by atoms with van der Waals surface area (Å²) in [5.41, 5.74) is 4.64. The maximum absolute atomic E-state index is 13.0. The summed E-state index contributed by atoms with van der Waals surface area (Å²) in [6.07, 6.45) is 7.72. The van der Waals surface area contributed by atoms with Crippen molar-refractivity contribution in [3.8, 4) is 11.8 Å². The lowest BCUT2D eigenvalue weighted by atomic mass is 10.1. The smallest absolute Gasteiger partial charge is 0.239 e.